The number of benzene rings is 2. The van der Waals surface area contributed by atoms with Gasteiger partial charge >= 0.3 is 6.03 Å². The molecule has 2 heterocycles. The van der Waals surface area contributed by atoms with Gasteiger partial charge in [-0.3, -0.25) is 9.59 Å². The van der Waals surface area contributed by atoms with Gasteiger partial charge in [-0.15, -0.1) is 0 Å². The van der Waals surface area contributed by atoms with Crippen molar-refractivity contribution in [3.8, 4) is 0 Å². The third-order valence-corrected chi connectivity index (χ3v) is 5.04. The predicted molar refractivity (Wildman–Crippen MR) is 116 cm³/mol. The van der Waals surface area contributed by atoms with Crippen LogP contribution in [-0.2, 0) is 9.59 Å². The highest BCUT2D eigenvalue weighted by atomic mass is 19.1. The number of nitrogens with one attached hydrogen (secondary N) is 2. The maximum Gasteiger partial charge on any atom is 0.329 e. The van der Waals surface area contributed by atoms with Crippen LogP contribution in [0.15, 0.2) is 60.4 Å². The molecule has 1 aliphatic rings. The Morgan fingerprint density at radius 2 is 1.84 bits per heavy atom. The molecule has 2 N–H and O–H groups in total. The van der Waals surface area contributed by atoms with E-state index in [1.807, 2.05) is 30.5 Å². The van der Waals surface area contributed by atoms with Crippen LogP contribution >= 0.6 is 0 Å². The summed E-state index contributed by atoms with van der Waals surface area (Å²) in [5.41, 5.74) is 1.86. The van der Waals surface area contributed by atoms with E-state index in [2.05, 4.69) is 29.0 Å². The third-order valence-electron chi connectivity index (χ3n) is 5.04. The van der Waals surface area contributed by atoms with Crippen molar-refractivity contribution in [2.75, 3.05) is 11.9 Å². The second-order valence-electron chi connectivity index (χ2n) is 7.51. The Bertz CT molecular complexity index is 1230. The molecule has 4 rings (SSSR count). The topological polar surface area (TPSA) is 83.4 Å². The van der Waals surface area contributed by atoms with Crippen molar-refractivity contribution in [3.63, 3.8) is 0 Å². The number of carbonyl (C=O) groups excluding carboxylic acids is 3. The lowest BCUT2D eigenvalue weighted by Crippen LogP contribution is -2.38. The van der Waals surface area contributed by atoms with Crippen molar-refractivity contribution in [3.05, 3.63) is 71.8 Å². The largest absolute Gasteiger partial charge is 0.344 e. The van der Waals surface area contributed by atoms with Crippen molar-refractivity contribution in [2.45, 2.75) is 19.9 Å². The van der Waals surface area contributed by atoms with Crippen molar-refractivity contribution < 1.29 is 18.8 Å². The molecule has 0 radical (unpaired) electrons. The molecule has 7 nitrogen and oxygen atoms in total. The second-order valence-corrected chi connectivity index (χ2v) is 7.51. The molecule has 4 amide bonds. The molecule has 0 aliphatic carbocycles. The highest BCUT2D eigenvalue weighted by Gasteiger charge is 2.35. The molecule has 0 atom stereocenters. The number of nitrogens with zero attached hydrogens (tertiary/aromatic N) is 2. The van der Waals surface area contributed by atoms with E-state index in [0.717, 1.165) is 21.4 Å². The first kappa shape index (κ1) is 20.3. The maximum absolute atomic E-state index is 13.7. The van der Waals surface area contributed by atoms with E-state index in [-0.39, 0.29) is 17.4 Å². The Morgan fingerprint density at radius 1 is 1.13 bits per heavy atom. The first-order chi connectivity index (χ1) is 14.8. The van der Waals surface area contributed by atoms with E-state index in [9.17, 15) is 18.8 Å². The molecule has 2 aromatic carbocycles. The number of halogens is 1. The zero-order valence-electron chi connectivity index (χ0n) is 17.1. The van der Waals surface area contributed by atoms with Gasteiger partial charge in [-0.25, -0.2) is 14.1 Å². The summed E-state index contributed by atoms with van der Waals surface area (Å²) in [5.74, 6) is -1.89. The molecule has 1 saturated heterocycles. The molecular weight excluding hydrogens is 399 g/mol. The lowest BCUT2D eigenvalue weighted by atomic mass is 10.1. The second kappa shape index (κ2) is 8.06. The van der Waals surface area contributed by atoms with Crippen LogP contribution in [0.2, 0.25) is 0 Å². The van der Waals surface area contributed by atoms with Crippen LogP contribution < -0.4 is 10.6 Å². The van der Waals surface area contributed by atoms with Gasteiger partial charge in [-0.1, -0.05) is 30.3 Å². The average Bonchev–Trinajstić information content (AvgIpc) is 3.23. The number of rotatable bonds is 5. The van der Waals surface area contributed by atoms with Crippen molar-refractivity contribution in [1.29, 1.82) is 0 Å². The Morgan fingerprint density at radius 3 is 2.58 bits per heavy atom. The standard InChI is InChI=1S/C23H21FN4O3/c1-14(2)27-12-15(16-7-3-6-10-20(16)27)11-19-22(30)28(23(31)26-19)13-21(29)25-18-9-5-4-8-17(18)24/h3-12,14H,13H2,1-2H3,(H,25,29)(H,26,31)/b19-11+. The van der Waals surface area contributed by atoms with Gasteiger partial charge in [0.05, 0.1) is 5.69 Å². The van der Waals surface area contributed by atoms with Gasteiger partial charge in [0.2, 0.25) is 5.91 Å². The number of imide groups is 1. The van der Waals surface area contributed by atoms with Crippen molar-refractivity contribution in [2.24, 2.45) is 0 Å². The summed E-state index contributed by atoms with van der Waals surface area (Å²) in [4.78, 5) is 38.1. The molecule has 3 aromatic rings. The maximum atomic E-state index is 13.7. The van der Waals surface area contributed by atoms with Crippen LogP contribution in [0.25, 0.3) is 17.0 Å². The lowest BCUT2D eigenvalue weighted by molar-refractivity contribution is -0.127. The fourth-order valence-corrected chi connectivity index (χ4v) is 3.54. The highest BCUT2D eigenvalue weighted by Crippen LogP contribution is 2.27. The number of hydrogen-bond acceptors (Lipinski definition) is 3. The summed E-state index contributed by atoms with van der Waals surface area (Å²) >= 11 is 0. The Hall–Kier alpha value is -3.94. The van der Waals surface area contributed by atoms with Gasteiger partial charge in [0.1, 0.15) is 18.1 Å². The van der Waals surface area contributed by atoms with Gasteiger partial charge < -0.3 is 15.2 Å². The summed E-state index contributed by atoms with van der Waals surface area (Å²) < 4.78 is 15.8. The van der Waals surface area contributed by atoms with Gasteiger partial charge in [-0.05, 0) is 38.1 Å². The molecule has 0 unspecified atom stereocenters. The monoisotopic (exact) mass is 420 g/mol. The smallest absolute Gasteiger partial charge is 0.329 e. The van der Waals surface area contributed by atoms with Gasteiger partial charge in [0.25, 0.3) is 5.91 Å². The van der Waals surface area contributed by atoms with Gasteiger partial charge in [0.15, 0.2) is 0 Å². The molecule has 158 valence electrons. The number of fused-ring (bicyclic) bond motifs is 1. The minimum Gasteiger partial charge on any atom is -0.344 e. The molecule has 0 bridgehead atoms. The van der Waals surface area contributed by atoms with Crippen molar-refractivity contribution in [1.82, 2.24) is 14.8 Å². The lowest BCUT2D eigenvalue weighted by Gasteiger charge is -2.12. The zero-order chi connectivity index (χ0) is 22.1. The molecule has 0 saturated carbocycles. The van der Waals surface area contributed by atoms with Crippen LogP contribution in [0.1, 0.15) is 25.5 Å². The SMILES string of the molecule is CC(C)n1cc(/C=C2/NC(=O)N(CC(=O)Nc3ccccc3F)C2=O)c2ccccc21. The number of amides is 4. The van der Waals surface area contributed by atoms with E-state index in [0.29, 0.717) is 0 Å². The first-order valence-electron chi connectivity index (χ1n) is 9.83. The summed E-state index contributed by atoms with van der Waals surface area (Å²) in [6, 6.07) is 13.0. The van der Waals surface area contributed by atoms with E-state index in [1.54, 1.807) is 12.1 Å². The van der Waals surface area contributed by atoms with Crippen LogP contribution in [0.5, 0.6) is 0 Å². The predicted octanol–water partition coefficient (Wildman–Crippen LogP) is 3.89. The summed E-state index contributed by atoms with van der Waals surface area (Å²) in [6.45, 7) is 3.59. The van der Waals surface area contributed by atoms with E-state index < -0.39 is 30.2 Å². The zero-order valence-corrected chi connectivity index (χ0v) is 17.1. The number of para-hydroxylation sites is 2. The van der Waals surface area contributed by atoms with Crippen LogP contribution in [0.3, 0.4) is 0 Å². The number of carbonyl (C=O) groups is 3. The van der Waals surface area contributed by atoms with E-state index >= 15 is 0 Å². The summed E-state index contributed by atoms with van der Waals surface area (Å²) in [5, 5.41) is 5.84. The van der Waals surface area contributed by atoms with Crippen LogP contribution in [0.4, 0.5) is 14.9 Å². The fourth-order valence-electron chi connectivity index (χ4n) is 3.54. The normalized spacial score (nSPS) is 15.2. The fraction of sp³-hybridized carbons (Fsp3) is 0.174. The van der Waals surface area contributed by atoms with Gasteiger partial charge in [0, 0.05) is 28.7 Å². The summed E-state index contributed by atoms with van der Waals surface area (Å²) in [6.07, 6.45) is 3.53. The van der Waals surface area contributed by atoms with Crippen LogP contribution in [0, 0.1) is 5.82 Å². The Labute approximate surface area is 178 Å². The van der Waals surface area contributed by atoms with Crippen molar-refractivity contribution >= 4 is 40.5 Å². The third kappa shape index (κ3) is 3.92. The number of aromatic nitrogens is 1. The minimum absolute atomic E-state index is 0.0168. The van der Waals surface area contributed by atoms with Crippen LogP contribution in [-0.4, -0.2) is 33.9 Å². The highest BCUT2D eigenvalue weighted by molar-refractivity contribution is 6.16. The quantitative estimate of drug-likeness (QED) is 0.485. The Balaban J connectivity index is 1.56. The number of urea groups is 1. The number of hydrogen-bond donors (Lipinski definition) is 2. The molecule has 8 heteroatoms. The average molecular weight is 420 g/mol. The molecule has 1 aromatic heterocycles. The molecule has 1 aliphatic heterocycles. The number of anilines is 1. The first-order valence-corrected chi connectivity index (χ1v) is 9.83. The molecule has 31 heavy (non-hydrogen) atoms. The molecule has 1 fully saturated rings. The van der Waals surface area contributed by atoms with E-state index in [1.165, 1.54) is 18.2 Å². The van der Waals surface area contributed by atoms with Gasteiger partial charge in [-0.2, -0.15) is 0 Å². The van der Waals surface area contributed by atoms with E-state index in [4.69, 9.17) is 0 Å². The summed E-state index contributed by atoms with van der Waals surface area (Å²) in [7, 11) is 0. The Kier molecular flexibility index (Phi) is 5.29. The minimum atomic E-state index is -0.701. The molecular formula is C23H21FN4O3. The molecule has 0 spiro atoms.